The van der Waals surface area contributed by atoms with Crippen molar-refractivity contribution in [1.82, 2.24) is 0 Å². The predicted molar refractivity (Wildman–Crippen MR) is 260 cm³/mol. The molecule has 0 atom stereocenters. The maximum atomic E-state index is 14.8. The maximum Gasteiger partial charge on any atom is 0.193 e. The van der Waals surface area contributed by atoms with Gasteiger partial charge in [0.1, 0.15) is 0 Å². The van der Waals surface area contributed by atoms with Crippen LogP contribution < -0.4 is 9.80 Å². The van der Waals surface area contributed by atoms with Gasteiger partial charge in [-0.3, -0.25) is 4.79 Å². The first-order chi connectivity index (χ1) is 31.2. The molecule has 0 unspecified atom stereocenters. The van der Waals surface area contributed by atoms with Crippen LogP contribution in [0.3, 0.4) is 0 Å². The van der Waals surface area contributed by atoms with E-state index in [1.165, 1.54) is 5.56 Å². The molecule has 0 bridgehead atoms. The average molecular weight is 807 g/mol. The highest BCUT2D eigenvalue weighted by Gasteiger charge is 2.46. The lowest BCUT2D eigenvalue weighted by molar-refractivity contribution is 0.104. The van der Waals surface area contributed by atoms with Gasteiger partial charge in [0.2, 0.25) is 0 Å². The minimum atomic E-state index is -0.757. The van der Waals surface area contributed by atoms with E-state index in [4.69, 9.17) is 0 Å². The third-order valence-corrected chi connectivity index (χ3v) is 12.5. The Balaban J connectivity index is 1.12. The van der Waals surface area contributed by atoms with Gasteiger partial charge in [-0.1, -0.05) is 176 Å². The van der Waals surface area contributed by atoms with Crippen molar-refractivity contribution in [1.29, 1.82) is 0 Å². The van der Waals surface area contributed by atoms with Gasteiger partial charge in [0.15, 0.2) is 5.78 Å². The largest absolute Gasteiger partial charge is 0.311 e. The van der Waals surface area contributed by atoms with Crippen molar-refractivity contribution in [2.24, 2.45) is 0 Å². The van der Waals surface area contributed by atoms with Crippen molar-refractivity contribution in [3.05, 3.63) is 288 Å². The van der Waals surface area contributed by atoms with E-state index in [2.05, 4.69) is 228 Å². The van der Waals surface area contributed by atoms with E-state index >= 15 is 0 Å². The number of hydrogen-bond donors (Lipinski definition) is 0. The van der Waals surface area contributed by atoms with Crippen molar-refractivity contribution >= 4 is 50.7 Å². The summed E-state index contributed by atoms with van der Waals surface area (Å²) in [7, 11) is 0. The number of ketones is 1. The molecule has 10 aromatic rings. The van der Waals surface area contributed by atoms with E-state index in [1.807, 2.05) is 36.4 Å². The Morgan fingerprint density at radius 2 is 0.746 bits per heavy atom. The Bertz CT molecular complexity index is 3010. The average Bonchev–Trinajstić information content (AvgIpc) is 3.66. The lowest BCUT2D eigenvalue weighted by atomic mass is 9.67. The normalized spacial score (nSPS) is 12.3. The fourth-order valence-corrected chi connectivity index (χ4v) is 9.71. The van der Waals surface area contributed by atoms with E-state index in [0.717, 1.165) is 72.7 Å². The van der Waals surface area contributed by atoms with Gasteiger partial charge >= 0.3 is 0 Å². The quantitative estimate of drug-likeness (QED) is 0.129. The number of hydrogen-bond acceptors (Lipinski definition) is 3. The molecule has 298 valence electrons. The molecule has 0 amide bonds. The smallest absolute Gasteiger partial charge is 0.193 e. The van der Waals surface area contributed by atoms with Crippen LogP contribution >= 0.6 is 0 Å². The van der Waals surface area contributed by atoms with Crippen LogP contribution in [-0.2, 0) is 5.41 Å². The third kappa shape index (κ3) is 6.50. The molecular weight excluding hydrogens is 765 g/mol. The van der Waals surface area contributed by atoms with E-state index in [0.29, 0.717) is 11.1 Å². The molecular formula is C60H42N2O. The number of rotatable bonds is 10. The van der Waals surface area contributed by atoms with Gasteiger partial charge in [-0.25, -0.2) is 0 Å². The highest BCUT2D eigenvalue weighted by atomic mass is 16.1. The summed E-state index contributed by atoms with van der Waals surface area (Å²) in [5, 5.41) is 2.00. The number of nitrogens with zero attached hydrogens (tertiary/aromatic N) is 2. The van der Waals surface area contributed by atoms with E-state index < -0.39 is 5.41 Å². The Labute approximate surface area is 368 Å². The van der Waals surface area contributed by atoms with E-state index in [-0.39, 0.29) is 5.78 Å². The maximum absolute atomic E-state index is 14.8. The zero-order valence-electron chi connectivity index (χ0n) is 34.6. The first-order valence-electron chi connectivity index (χ1n) is 21.5. The van der Waals surface area contributed by atoms with Crippen molar-refractivity contribution in [3.63, 3.8) is 0 Å². The zero-order valence-corrected chi connectivity index (χ0v) is 34.6. The number of anilines is 6. The van der Waals surface area contributed by atoms with Crippen LogP contribution in [-0.4, -0.2) is 5.78 Å². The molecule has 11 rings (SSSR count). The molecule has 0 spiro atoms. The van der Waals surface area contributed by atoms with E-state index in [9.17, 15) is 4.79 Å². The van der Waals surface area contributed by atoms with Crippen molar-refractivity contribution in [2.75, 3.05) is 9.80 Å². The fourth-order valence-electron chi connectivity index (χ4n) is 9.71. The molecule has 1 aliphatic rings. The second-order valence-corrected chi connectivity index (χ2v) is 16.0. The molecule has 0 aromatic heterocycles. The van der Waals surface area contributed by atoms with Crippen LogP contribution in [0.5, 0.6) is 0 Å². The molecule has 3 nitrogen and oxygen atoms in total. The third-order valence-electron chi connectivity index (χ3n) is 12.5. The molecule has 1 aliphatic carbocycles. The predicted octanol–water partition coefficient (Wildman–Crippen LogP) is 15.4. The molecule has 0 radical (unpaired) electrons. The second-order valence-electron chi connectivity index (χ2n) is 16.0. The van der Waals surface area contributed by atoms with Crippen LogP contribution in [0.15, 0.2) is 255 Å². The number of carbonyl (C=O) groups is 1. The van der Waals surface area contributed by atoms with Crippen LogP contribution in [0, 0.1) is 0 Å². The van der Waals surface area contributed by atoms with Crippen molar-refractivity contribution in [3.8, 4) is 11.1 Å². The number of para-hydroxylation sites is 4. The van der Waals surface area contributed by atoms with Crippen molar-refractivity contribution in [2.45, 2.75) is 5.41 Å². The Morgan fingerprint density at radius 3 is 1.27 bits per heavy atom. The number of fused-ring (bicyclic) bond motifs is 4. The second kappa shape index (κ2) is 16.0. The van der Waals surface area contributed by atoms with Crippen LogP contribution in [0.1, 0.15) is 38.2 Å². The summed E-state index contributed by atoms with van der Waals surface area (Å²) in [6.07, 6.45) is 0. The van der Waals surface area contributed by atoms with Gasteiger partial charge < -0.3 is 9.80 Å². The summed E-state index contributed by atoms with van der Waals surface area (Å²) in [4.78, 5) is 19.4. The summed E-state index contributed by atoms with van der Waals surface area (Å²) in [6, 6.07) is 89.4. The monoisotopic (exact) mass is 806 g/mol. The van der Waals surface area contributed by atoms with Crippen molar-refractivity contribution < 1.29 is 4.79 Å². The minimum Gasteiger partial charge on any atom is -0.311 e. The van der Waals surface area contributed by atoms with Crippen LogP contribution in [0.25, 0.3) is 21.9 Å². The molecule has 10 aromatic carbocycles. The molecule has 0 saturated carbocycles. The number of benzene rings is 10. The summed E-state index contributed by atoms with van der Waals surface area (Å²) < 4.78 is 0. The topological polar surface area (TPSA) is 23.6 Å². The molecule has 0 saturated heterocycles. The highest BCUT2D eigenvalue weighted by Crippen LogP contribution is 2.57. The Kier molecular flexibility index (Phi) is 9.56. The molecule has 3 heteroatoms. The molecule has 0 aliphatic heterocycles. The van der Waals surface area contributed by atoms with Gasteiger partial charge in [-0.15, -0.1) is 0 Å². The molecule has 63 heavy (non-hydrogen) atoms. The van der Waals surface area contributed by atoms with Crippen LogP contribution in [0.2, 0.25) is 0 Å². The minimum absolute atomic E-state index is 0.00730. The Hall–Kier alpha value is -8.27. The zero-order chi connectivity index (χ0) is 42.2. The first-order valence-corrected chi connectivity index (χ1v) is 21.5. The lowest BCUT2D eigenvalue weighted by Gasteiger charge is -2.35. The van der Waals surface area contributed by atoms with Gasteiger partial charge in [0, 0.05) is 45.3 Å². The van der Waals surface area contributed by atoms with Gasteiger partial charge in [-0.05, 0) is 123 Å². The van der Waals surface area contributed by atoms with Gasteiger partial charge in [0.25, 0.3) is 0 Å². The Morgan fingerprint density at radius 1 is 0.333 bits per heavy atom. The SMILES string of the molecule is O=C(c1ccc2c(c1)C(c1ccc(N(c3ccccc3)c3ccccc3)cc1)(c1ccc(N(c3ccccc3)c3ccccc3)cc1)c1ccccc1-2)c1cccc2ccccc12. The first kappa shape index (κ1) is 37.7. The summed E-state index contributed by atoms with van der Waals surface area (Å²) in [5.74, 6) is 0.00730. The summed E-state index contributed by atoms with van der Waals surface area (Å²) in [5.41, 5.74) is 13.8. The lowest BCUT2D eigenvalue weighted by Crippen LogP contribution is -2.29. The summed E-state index contributed by atoms with van der Waals surface area (Å²) >= 11 is 0. The number of carbonyl (C=O) groups excluding carboxylic acids is 1. The highest BCUT2D eigenvalue weighted by molar-refractivity contribution is 6.17. The molecule has 0 heterocycles. The fraction of sp³-hybridized carbons (Fsp3) is 0.0167. The summed E-state index contributed by atoms with van der Waals surface area (Å²) in [6.45, 7) is 0. The van der Waals surface area contributed by atoms with E-state index in [1.54, 1.807) is 0 Å². The molecule has 0 fully saturated rings. The van der Waals surface area contributed by atoms with Crippen LogP contribution in [0.4, 0.5) is 34.1 Å². The molecule has 0 N–H and O–H groups in total. The van der Waals surface area contributed by atoms with Gasteiger partial charge in [0.05, 0.1) is 5.41 Å². The standard InChI is InChI=1S/C60H42N2O/c63-59(56-30-17-19-43-18-13-14-28-53(43)56)44-32-41-55-54-29-15-16-31-57(54)60(58(55)42-44,45-33-37-51(38-34-45)61(47-20-5-1-6-21-47)48-22-7-2-8-23-48)46-35-39-52(40-36-46)62(49-24-9-3-10-25-49)50-26-11-4-12-27-50/h1-42H. The van der Waals surface area contributed by atoms with Gasteiger partial charge in [-0.2, -0.15) is 0 Å².